The van der Waals surface area contributed by atoms with E-state index in [1.54, 1.807) is 0 Å². The van der Waals surface area contributed by atoms with E-state index in [0.717, 1.165) is 12.8 Å². The highest BCUT2D eigenvalue weighted by atomic mass is 16.5. The molecule has 1 atom stereocenters. The zero-order valence-corrected chi connectivity index (χ0v) is 14.3. The molecule has 0 rings (SSSR count). The summed E-state index contributed by atoms with van der Waals surface area (Å²) in [6.07, 6.45) is 7.06. The smallest absolute Gasteiger partial charge is 0.322 e. The molecule has 0 amide bonds. The van der Waals surface area contributed by atoms with E-state index in [-0.39, 0.29) is 5.96 Å². The van der Waals surface area contributed by atoms with Gasteiger partial charge >= 0.3 is 11.9 Å². The van der Waals surface area contributed by atoms with Gasteiger partial charge in [0.15, 0.2) is 5.96 Å². The summed E-state index contributed by atoms with van der Waals surface area (Å²) in [5, 5.41) is 8.27. The van der Waals surface area contributed by atoms with Gasteiger partial charge in [-0.1, -0.05) is 32.6 Å². The predicted octanol–water partition coefficient (Wildman–Crippen LogP) is 0.972. The molecule has 8 nitrogen and oxygen atoms in total. The van der Waals surface area contributed by atoms with Gasteiger partial charge in [-0.25, -0.2) is 0 Å². The van der Waals surface area contributed by atoms with Gasteiger partial charge in [0.2, 0.25) is 0 Å². The Morgan fingerprint density at radius 1 is 1.13 bits per heavy atom. The van der Waals surface area contributed by atoms with Crippen LogP contribution in [0.5, 0.6) is 0 Å². The number of carboxylic acid groups (broad SMARTS) is 1. The number of methoxy groups -OCH3 is 1. The van der Waals surface area contributed by atoms with Gasteiger partial charge in [0.1, 0.15) is 6.04 Å². The number of aliphatic carboxylic acids is 1. The molecule has 1 unspecified atom stereocenters. The molecule has 0 spiro atoms. The third-order valence-electron chi connectivity index (χ3n) is 2.97. The molecule has 7 N–H and O–H groups in total. The summed E-state index contributed by atoms with van der Waals surface area (Å²) >= 11 is 0. The normalized spacial score (nSPS) is 10.9. The maximum Gasteiger partial charge on any atom is 0.322 e. The highest BCUT2D eigenvalue weighted by molar-refractivity contribution is 5.76. The van der Waals surface area contributed by atoms with Crippen molar-refractivity contribution in [3.8, 4) is 0 Å². The van der Waals surface area contributed by atoms with Gasteiger partial charge in [-0.3, -0.25) is 14.6 Å². The minimum absolute atomic E-state index is 0.0478. The fourth-order valence-corrected chi connectivity index (χ4v) is 1.67. The SMILES string of the molecule is CCCCCCCC(=O)O.COC(=O)C(N)CCCN=C(N)N. The third-order valence-corrected chi connectivity index (χ3v) is 2.97. The van der Waals surface area contributed by atoms with Crippen LogP contribution in [0.3, 0.4) is 0 Å². The maximum absolute atomic E-state index is 10.8. The molecule has 0 aliphatic carbocycles. The van der Waals surface area contributed by atoms with Crippen molar-refractivity contribution in [2.45, 2.75) is 64.3 Å². The Kier molecular flexibility index (Phi) is 16.9. The van der Waals surface area contributed by atoms with Gasteiger partial charge in [0.25, 0.3) is 0 Å². The lowest BCUT2D eigenvalue weighted by atomic mass is 10.1. The number of hydrogen-bond donors (Lipinski definition) is 4. The van der Waals surface area contributed by atoms with E-state index in [1.165, 1.54) is 26.4 Å². The molecule has 0 aliphatic heterocycles. The number of esters is 1. The van der Waals surface area contributed by atoms with E-state index in [2.05, 4.69) is 16.7 Å². The molecule has 0 aromatic rings. The van der Waals surface area contributed by atoms with E-state index >= 15 is 0 Å². The predicted molar refractivity (Wildman–Crippen MR) is 90.9 cm³/mol. The Morgan fingerprint density at radius 3 is 2.22 bits per heavy atom. The summed E-state index contributed by atoms with van der Waals surface area (Å²) in [5.74, 6) is -1.03. The number of aliphatic imine (C=N–C) groups is 1. The van der Waals surface area contributed by atoms with Crippen molar-refractivity contribution < 1.29 is 19.4 Å². The molecule has 0 bridgehead atoms. The Balaban J connectivity index is 0. The van der Waals surface area contributed by atoms with Crippen LogP contribution in [0.15, 0.2) is 4.99 Å². The van der Waals surface area contributed by atoms with Crippen LogP contribution in [-0.2, 0) is 14.3 Å². The summed E-state index contributed by atoms with van der Waals surface area (Å²) in [6.45, 7) is 2.63. The summed E-state index contributed by atoms with van der Waals surface area (Å²) in [7, 11) is 1.30. The van der Waals surface area contributed by atoms with Crippen molar-refractivity contribution in [3.05, 3.63) is 0 Å². The molecule has 0 fully saturated rings. The zero-order valence-electron chi connectivity index (χ0n) is 14.3. The minimum atomic E-state index is -0.670. The van der Waals surface area contributed by atoms with Gasteiger partial charge in [0, 0.05) is 13.0 Å². The van der Waals surface area contributed by atoms with Gasteiger partial charge in [-0.15, -0.1) is 0 Å². The third kappa shape index (κ3) is 20.2. The minimum Gasteiger partial charge on any atom is -0.481 e. The lowest BCUT2D eigenvalue weighted by Gasteiger charge is -2.07. The van der Waals surface area contributed by atoms with Gasteiger partial charge < -0.3 is 27.0 Å². The fraction of sp³-hybridized carbons (Fsp3) is 0.800. The summed E-state index contributed by atoms with van der Waals surface area (Å²) < 4.78 is 4.44. The van der Waals surface area contributed by atoms with Crippen molar-refractivity contribution in [2.75, 3.05) is 13.7 Å². The first-order chi connectivity index (χ1) is 10.8. The molecule has 8 heteroatoms. The fourth-order valence-electron chi connectivity index (χ4n) is 1.67. The number of ether oxygens (including phenoxy) is 1. The second-order valence-electron chi connectivity index (χ2n) is 5.14. The molecular weight excluding hydrogens is 300 g/mol. The average molecular weight is 332 g/mol. The molecule has 0 aromatic carbocycles. The maximum atomic E-state index is 10.8. The Bertz CT molecular complexity index is 344. The van der Waals surface area contributed by atoms with E-state index in [0.29, 0.717) is 25.8 Å². The standard InChI is InChI=1S/C8H16O2.C7H16N4O2/c1-2-3-4-5-6-7-8(9)10;1-13-6(12)5(8)3-2-4-11-7(9)10/h2-7H2,1H3,(H,9,10);5H,2-4,8H2,1H3,(H4,9,10,11). The van der Waals surface area contributed by atoms with Crippen molar-refractivity contribution in [1.29, 1.82) is 0 Å². The molecule has 136 valence electrons. The van der Waals surface area contributed by atoms with Crippen molar-refractivity contribution in [1.82, 2.24) is 0 Å². The first-order valence-corrected chi connectivity index (χ1v) is 7.95. The van der Waals surface area contributed by atoms with Crippen LogP contribution in [0.25, 0.3) is 0 Å². The van der Waals surface area contributed by atoms with Crippen LogP contribution in [0.1, 0.15) is 58.3 Å². The van der Waals surface area contributed by atoms with Gasteiger partial charge in [-0.05, 0) is 19.3 Å². The molecule has 0 radical (unpaired) electrons. The molecule has 23 heavy (non-hydrogen) atoms. The van der Waals surface area contributed by atoms with Crippen LogP contribution < -0.4 is 17.2 Å². The van der Waals surface area contributed by atoms with Crippen LogP contribution in [-0.4, -0.2) is 42.7 Å². The number of nitrogens with two attached hydrogens (primary N) is 3. The topological polar surface area (TPSA) is 154 Å². The second-order valence-corrected chi connectivity index (χ2v) is 5.14. The van der Waals surface area contributed by atoms with Gasteiger partial charge in [0.05, 0.1) is 7.11 Å². The number of carboxylic acids is 1. The molecule has 0 saturated carbocycles. The van der Waals surface area contributed by atoms with Gasteiger partial charge in [-0.2, -0.15) is 0 Å². The summed E-state index contributed by atoms with van der Waals surface area (Å²) in [4.78, 5) is 24.6. The lowest BCUT2D eigenvalue weighted by Crippen LogP contribution is -2.31. The van der Waals surface area contributed by atoms with Crippen molar-refractivity contribution >= 4 is 17.9 Å². The largest absolute Gasteiger partial charge is 0.481 e. The molecule has 0 aromatic heterocycles. The Labute approximate surface area is 138 Å². The number of carbonyl (C=O) groups is 2. The van der Waals surface area contributed by atoms with Crippen LogP contribution in [0, 0.1) is 0 Å². The van der Waals surface area contributed by atoms with E-state index in [4.69, 9.17) is 22.3 Å². The van der Waals surface area contributed by atoms with E-state index in [1.807, 2.05) is 0 Å². The van der Waals surface area contributed by atoms with E-state index in [9.17, 15) is 9.59 Å². The van der Waals surface area contributed by atoms with Crippen LogP contribution in [0.2, 0.25) is 0 Å². The number of nitrogens with zero attached hydrogens (tertiary/aromatic N) is 1. The van der Waals surface area contributed by atoms with Crippen molar-refractivity contribution in [3.63, 3.8) is 0 Å². The highest BCUT2D eigenvalue weighted by Crippen LogP contribution is 2.04. The number of unbranched alkanes of at least 4 members (excludes halogenated alkanes) is 4. The number of guanidine groups is 1. The number of rotatable bonds is 11. The van der Waals surface area contributed by atoms with Crippen LogP contribution in [0.4, 0.5) is 0 Å². The van der Waals surface area contributed by atoms with E-state index < -0.39 is 18.0 Å². The Morgan fingerprint density at radius 2 is 1.74 bits per heavy atom. The summed E-state index contributed by atoms with van der Waals surface area (Å²) in [5.41, 5.74) is 15.7. The van der Waals surface area contributed by atoms with Crippen molar-refractivity contribution in [2.24, 2.45) is 22.2 Å². The second kappa shape index (κ2) is 16.5. The average Bonchev–Trinajstić information content (AvgIpc) is 2.50. The van der Waals surface area contributed by atoms with Crippen LogP contribution >= 0.6 is 0 Å². The lowest BCUT2D eigenvalue weighted by molar-refractivity contribution is -0.142. The molecular formula is C15H32N4O4. The molecule has 0 heterocycles. The quantitative estimate of drug-likeness (QED) is 0.190. The monoisotopic (exact) mass is 332 g/mol. The highest BCUT2D eigenvalue weighted by Gasteiger charge is 2.12. The Hall–Kier alpha value is -1.83. The number of hydrogen-bond acceptors (Lipinski definition) is 5. The first-order valence-electron chi connectivity index (χ1n) is 7.95. The molecule has 0 aliphatic rings. The number of carbonyl (C=O) groups excluding carboxylic acids is 1. The summed E-state index contributed by atoms with van der Waals surface area (Å²) in [6, 6.07) is -0.584. The first kappa shape index (κ1) is 23.4. The zero-order chi connectivity index (χ0) is 18.1. The molecule has 0 saturated heterocycles.